The molecule has 0 radical (unpaired) electrons. The van der Waals surface area contributed by atoms with E-state index in [0.717, 1.165) is 0 Å². The van der Waals surface area contributed by atoms with Crippen LogP contribution in [0.4, 0.5) is 5.69 Å². The fourth-order valence-corrected chi connectivity index (χ4v) is 1.61. The van der Waals surface area contributed by atoms with Crippen LogP contribution in [0.2, 0.25) is 0 Å². The predicted molar refractivity (Wildman–Crippen MR) is 73.9 cm³/mol. The highest BCUT2D eigenvalue weighted by Gasteiger charge is 2.12. The SMILES string of the molecule is CCOC(=O)CN(C)CC(=O)Nc1ccccc1C#N. The summed E-state index contributed by atoms with van der Waals surface area (Å²) in [5.74, 6) is -0.667. The van der Waals surface area contributed by atoms with Crippen LogP contribution in [0.15, 0.2) is 24.3 Å². The summed E-state index contributed by atoms with van der Waals surface area (Å²) in [6.07, 6.45) is 0. The Kier molecular flexibility index (Phi) is 6.20. The van der Waals surface area contributed by atoms with E-state index >= 15 is 0 Å². The van der Waals surface area contributed by atoms with Gasteiger partial charge in [0.05, 0.1) is 30.9 Å². The van der Waals surface area contributed by atoms with E-state index in [0.29, 0.717) is 17.9 Å². The van der Waals surface area contributed by atoms with Crippen molar-refractivity contribution in [1.29, 1.82) is 5.26 Å². The second kappa shape index (κ2) is 7.92. The Morgan fingerprint density at radius 1 is 1.35 bits per heavy atom. The Morgan fingerprint density at radius 3 is 2.70 bits per heavy atom. The molecule has 6 heteroatoms. The number of esters is 1. The van der Waals surface area contributed by atoms with Crippen LogP contribution in [0.1, 0.15) is 12.5 Å². The lowest BCUT2D eigenvalue weighted by atomic mass is 10.2. The van der Waals surface area contributed by atoms with E-state index in [-0.39, 0.29) is 25.0 Å². The molecular weight excluding hydrogens is 258 g/mol. The Bertz CT molecular complexity index is 523. The largest absolute Gasteiger partial charge is 0.465 e. The van der Waals surface area contributed by atoms with Crippen molar-refractivity contribution in [3.63, 3.8) is 0 Å². The maximum absolute atomic E-state index is 11.8. The monoisotopic (exact) mass is 275 g/mol. The molecule has 0 bridgehead atoms. The van der Waals surface area contributed by atoms with E-state index in [2.05, 4.69) is 5.32 Å². The lowest BCUT2D eigenvalue weighted by molar-refractivity contribution is -0.144. The third-order valence-corrected chi connectivity index (χ3v) is 2.44. The molecule has 0 heterocycles. The molecule has 106 valence electrons. The zero-order valence-corrected chi connectivity index (χ0v) is 11.5. The average molecular weight is 275 g/mol. The van der Waals surface area contributed by atoms with Gasteiger partial charge in [0.1, 0.15) is 6.07 Å². The second-order valence-corrected chi connectivity index (χ2v) is 4.18. The van der Waals surface area contributed by atoms with Gasteiger partial charge in [0.2, 0.25) is 5.91 Å². The lowest BCUT2D eigenvalue weighted by Gasteiger charge is -2.15. The van der Waals surface area contributed by atoms with Crippen LogP contribution in [-0.4, -0.2) is 43.5 Å². The van der Waals surface area contributed by atoms with Gasteiger partial charge in [-0.3, -0.25) is 14.5 Å². The summed E-state index contributed by atoms with van der Waals surface area (Å²) in [6.45, 7) is 2.12. The van der Waals surface area contributed by atoms with Crippen molar-refractivity contribution in [2.45, 2.75) is 6.92 Å². The summed E-state index contributed by atoms with van der Waals surface area (Å²) < 4.78 is 4.79. The van der Waals surface area contributed by atoms with Crippen molar-refractivity contribution >= 4 is 17.6 Å². The van der Waals surface area contributed by atoms with Gasteiger partial charge in [-0.25, -0.2) is 0 Å². The molecule has 1 amide bonds. The van der Waals surface area contributed by atoms with Crippen LogP contribution >= 0.6 is 0 Å². The average Bonchev–Trinajstić information content (AvgIpc) is 2.39. The van der Waals surface area contributed by atoms with Crippen LogP contribution in [0.25, 0.3) is 0 Å². The molecule has 0 aliphatic rings. The molecule has 0 saturated heterocycles. The molecule has 0 fully saturated rings. The number of nitrogens with zero attached hydrogens (tertiary/aromatic N) is 2. The highest BCUT2D eigenvalue weighted by atomic mass is 16.5. The first kappa shape index (κ1) is 15.7. The summed E-state index contributed by atoms with van der Waals surface area (Å²) in [7, 11) is 1.65. The van der Waals surface area contributed by atoms with Gasteiger partial charge in [0.25, 0.3) is 0 Å². The molecule has 20 heavy (non-hydrogen) atoms. The number of rotatable bonds is 6. The third-order valence-electron chi connectivity index (χ3n) is 2.44. The number of hydrogen-bond donors (Lipinski definition) is 1. The van der Waals surface area contributed by atoms with Crippen LogP contribution in [0.3, 0.4) is 0 Å². The highest BCUT2D eigenvalue weighted by molar-refractivity contribution is 5.93. The third kappa shape index (κ3) is 5.08. The fraction of sp³-hybridized carbons (Fsp3) is 0.357. The number of nitrogens with one attached hydrogen (secondary N) is 1. The van der Waals surface area contributed by atoms with Gasteiger partial charge < -0.3 is 10.1 Å². The quantitative estimate of drug-likeness (QED) is 0.783. The summed E-state index contributed by atoms with van der Waals surface area (Å²) in [6, 6.07) is 8.74. The maximum Gasteiger partial charge on any atom is 0.320 e. The molecule has 1 aromatic carbocycles. The van der Waals surface area contributed by atoms with Gasteiger partial charge >= 0.3 is 5.97 Å². The van der Waals surface area contributed by atoms with E-state index in [9.17, 15) is 9.59 Å². The molecule has 1 N–H and O–H groups in total. The molecule has 0 spiro atoms. The molecule has 1 rings (SSSR count). The Balaban J connectivity index is 2.51. The van der Waals surface area contributed by atoms with Gasteiger partial charge in [-0.2, -0.15) is 5.26 Å². The molecule has 0 atom stereocenters. The zero-order valence-electron chi connectivity index (χ0n) is 11.5. The second-order valence-electron chi connectivity index (χ2n) is 4.18. The number of amides is 1. The normalized spacial score (nSPS) is 9.90. The van der Waals surface area contributed by atoms with Crippen molar-refractivity contribution in [2.75, 3.05) is 32.1 Å². The Hall–Kier alpha value is -2.39. The van der Waals surface area contributed by atoms with Crippen LogP contribution in [0.5, 0.6) is 0 Å². The minimum atomic E-state index is -0.375. The summed E-state index contributed by atoms with van der Waals surface area (Å²) in [5.41, 5.74) is 0.860. The van der Waals surface area contributed by atoms with Gasteiger partial charge in [0, 0.05) is 0 Å². The van der Waals surface area contributed by atoms with Crippen molar-refractivity contribution in [1.82, 2.24) is 4.90 Å². The van der Waals surface area contributed by atoms with Crippen LogP contribution < -0.4 is 5.32 Å². The van der Waals surface area contributed by atoms with E-state index in [1.807, 2.05) is 6.07 Å². The van der Waals surface area contributed by atoms with E-state index in [1.54, 1.807) is 43.1 Å². The van der Waals surface area contributed by atoms with Crippen molar-refractivity contribution in [3.8, 4) is 6.07 Å². The van der Waals surface area contributed by atoms with Gasteiger partial charge in [-0.05, 0) is 26.1 Å². The van der Waals surface area contributed by atoms with E-state index in [4.69, 9.17) is 10.00 Å². The van der Waals surface area contributed by atoms with Crippen molar-refractivity contribution in [3.05, 3.63) is 29.8 Å². The summed E-state index contributed by atoms with van der Waals surface area (Å²) in [4.78, 5) is 24.6. The number of likely N-dealkylation sites (N-methyl/N-ethyl adjacent to an activating group) is 1. The number of ether oxygens (including phenoxy) is 1. The van der Waals surface area contributed by atoms with Gasteiger partial charge in [-0.1, -0.05) is 12.1 Å². The predicted octanol–water partition coefficient (Wildman–Crippen LogP) is 0.992. The number of benzene rings is 1. The molecule has 6 nitrogen and oxygen atoms in total. The Morgan fingerprint density at radius 2 is 2.05 bits per heavy atom. The van der Waals surface area contributed by atoms with Crippen molar-refractivity contribution < 1.29 is 14.3 Å². The van der Waals surface area contributed by atoms with Crippen LogP contribution in [0, 0.1) is 11.3 Å². The minimum Gasteiger partial charge on any atom is -0.465 e. The van der Waals surface area contributed by atoms with Gasteiger partial charge in [0.15, 0.2) is 0 Å². The smallest absolute Gasteiger partial charge is 0.320 e. The van der Waals surface area contributed by atoms with Gasteiger partial charge in [-0.15, -0.1) is 0 Å². The zero-order chi connectivity index (χ0) is 15.0. The molecule has 0 aromatic heterocycles. The molecule has 0 unspecified atom stereocenters. The topological polar surface area (TPSA) is 82.4 Å². The molecule has 0 aliphatic heterocycles. The number of nitriles is 1. The number of para-hydroxylation sites is 1. The first-order valence-electron chi connectivity index (χ1n) is 6.20. The summed E-state index contributed by atoms with van der Waals surface area (Å²) in [5, 5.41) is 11.6. The number of anilines is 1. The maximum atomic E-state index is 11.8. The summed E-state index contributed by atoms with van der Waals surface area (Å²) >= 11 is 0. The highest BCUT2D eigenvalue weighted by Crippen LogP contribution is 2.13. The number of carbonyl (C=O) groups is 2. The fourth-order valence-electron chi connectivity index (χ4n) is 1.61. The van der Waals surface area contributed by atoms with Crippen molar-refractivity contribution in [2.24, 2.45) is 0 Å². The molecular formula is C14H17N3O3. The first-order valence-corrected chi connectivity index (χ1v) is 6.20. The standard InChI is InChI=1S/C14H17N3O3/c1-3-20-14(19)10-17(2)9-13(18)16-12-7-5-4-6-11(12)8-15/h4-7H,3,9-10H2,1-2H3,(H,16,18). The Labute approximate surface area is 117 Å². The van der Waals surface area contributed by atoms with Crippen LogP contribution in [-0.2, 0) is 14.3 Å². The number of hydrogen-bond acceptors (Lipinski definition) is 5. The minimum absolute atomic E-state index is 0.0403. The molecule has 1 aromatic rings. The van der Waals surface area contributed by atoms with E-state index in [1.165, 1.54) is 0 Å². The first-order chi connectivity index (χ1) is 9.56. The number of carbonyl (C=O) groups excluding carboxylic acids is 2. The van der Waals surface area contributed by atoms with E-state index < -0.39 is 0 Å². The molecule has 0 aliphatic carbocycles. The lowest BCUT2D eigenvalue weighted by Crippen LogP contribution is -2.34. The molecule has 0 saturated carbocycles.